The van der Waals surface area contributed by atoms with Crippen molar-refractivity contribution in [2.24, 2.45) is 0 Å². The van der Waals surface area contributed by atoms with Crippen LogP contribution in [0.4, 0.5) is 5.69 Å². The molecule has 0 radical (unpaired) electrons. The second-order valence-corrected chi connectivity index (χ2v) is 6.76. The Labute approximate surface area is 136 Å². The first-order valence-electron chi connectivity index (χ1n) is 6.74. The van der Waals surface area contributed by atoms with Gasteiger partial charge < -0.3 is 10.6 Å². The van der Waals surface area contributed by atoms with Gasteiger partial charge >= 0.3 is 0 Å². The van der Waals surface area contributed by atoms with Gasteiger partial charge in [-0.25, -0.2) is 0 Å². The highest BCUT2D eigenvalue weighted by Crippen LogP contribution is 2.32. The fourth-order valence-corrected chi connectivity index (χ4v) is 3.77. The van der Waals surface area contributed by atoms with Crippen LogP contribution in [-0.4, -0.2) is 6.54 Å². The van der Waals surface area contributed by atoms with Crippen molar-refractivity contribution in [2.75, 3.05) is 11.9 Å². The number of hydrogen-bond acceptors (Lipinski definition) is 2. The minimum atomic E-state index is 0.346. The minimum Gasteiger partial charge on any atom is -0.377 e. The van der Waals surface area contributed by atoms with Crippen molar-refractivity contribution in [3.05, 3.63) is 62.5 Å². The van der Waals surface area contributed by atoms with Crippen molar-refractivity contribution in [1.29, 1.82) is 0 Å². The Morgan fingerprint density at radius 3 is 2.80 bits per heavy atom. The van der Waals surface area contributed by atoms with Crippen LogP contribution in [0.3, 0.4) is 0 Å². The highest BCUT2D eigenvalue weighted by molar-refractivity contribution is 9.11. The first-order chi connectivity index (χ1) is 9.74. The van der Waals surface area contributed by atoms with Gasteiger partial charge in [-0.1, -0.05) is 40.2 Å². The summed E-state index contributed by atoms with van der Waals surface area (Å²) in [6.07, 6.45) is 1.08. The fraction of sp³-hybridized carbons (Fsp3) is 0.250. The molecule has 2 nitrogen and oxygen atoms in total. The topological polar surface area (TPSA) is 24.1 Å². The summed E-state index contributed by atoms with van der Waals surface area (Å²) in [4.78, 5) is 0. The summed E-state index contributed by atoms with van der Waals surface area (Å²) >= 11 is 7.12. The first kappa shape index (κ1) is 14.1. The van der Waals surface area contributed by atoms with Gasteiger partial charge in [0.2, 0.25) is 0 Å². The molecule has 0 saturated heterocycles. The van der Waals surface area contributed by atoms with E-state index in [-0.39, 0.29) is 0 Å². The highest BCUT2D eigenvalue weighted by Gasteiger charge is 2.18. The quantitative estimate of drug-likeness (QED) is 0.758. The lowest BCUT2D eigenvalue weighted by atomic mass is 9.99. The van der Waals surface area contributed by atoms with E-state index in [1.165, 1.54) is 11.1 Å². The van der Waals surface area contributed by atoms with Gasteiger partial charge in [-0.15, -0.1) is 0 Å². The van der Waals surface area contributed by atoms with Crippen molar-refractivity contribution < 1.29 is 0 Å². The molecule has 1 unspecified atom stereocenters. The van der Waals surface area contributed by atoms with Crippen molar-refractivity contribution >= 4 is 37.5 Å². The molecule has 3 rings (SSSR count). The Balaban J connectivity index is 1.90. The van der Waals surface area contributed by atoms with Gasteiger partial charge in [0, 0.05) is 21.2 Å². The molecule has 0 fully saturated rings. The predicted octanol–water partition coefficient (Wildman–Crippen LogP) is 4.86. The van der Waals surface area contributed by atoms with E-state index in [1.54, 1.807) is 0 Å². The lowest BCUT2D eigenvalue weighted by molar-refractivity contribution is 0.637. The van der Waals surface area contributed by atoms with E-state index in [9.17, 15) is 0 Å². The number of anilines is 1. The molecular weight excluding hydrogens is 380 g/mol. The van der Waals surface area contributed by atoms with Gasteiger partial charge in [0.15, 0.2) is 0 Å². The van der Waals surface area contributed by atoms with Crippen LogP contribution in [0.25, 0.3) is 0 Å². The third kappa shape index (κ3) is 3.08. The van der Waals surface area contributed by atoms with Gasteiger partial charge in [0.05, 0.1) is 6.04 Å². The molecule has 0 bridgehead atoms. The zero-order valence-electron chi connectivity index (χ0n) is 11.0. The van der Waals surface area contributed by atoms with E-state index in [1.807, 2.05) is 0 Å². The molecule has 0 aromatic heterocycles. The lowest BCUT2D eigenvalue weighted by Crippen LogP contribution is -2.15. The van der Waals surface area contributed by atoms with Crippen molar-refractivity contribution in [2.45, 2.75) is 19.0 Å². The van der Waals surface area contributed by atoms with Crippen LogP contribution < -0.4 is 10.6 Å². The largest absolute Gasteiger partial charge is 0.377 e. The molecular formula is C16H16Br2N2. The zero-order valence-corrected chi connectivity index (χ0v) is 14.2. The molecule has 0 spiro atoms. The summed E-state index contributed by atoms with van der Waals surface area (Å²) < 4.78 is 2.17. The Hall–Kier alpha value is -0.840. The second kappa shape index (κ2) is 6.29. The Kier molecular flexibility index (Phi) is 4.44. The average molecular weight is 396 g/mol. The summed E-state index contributed by atoms with van der Waals surface area (Å²) in [5, 5.41) is 7.15. The molecule has 1 atom stereocenters. The SMILES string of the molecule is Brc1ccc(NC2CCNCc3ccccc32)c(Br)c1. The number of halogens is 2. The molecule has 2 aromatic rings. The average Bonchev–Trinajstić information content (AvgIpc) is 2.65. The Bertz CT molecular complexity index is 613. The fourth-order valence-electron chi connectivity index (χ4n) is 2.60. The molecule has 1 heterocycles. The molecule has 104 valence electrons. The molecule has 4 heteroatoms. The van der Waals surface area contributed by atoms with Crippen LogP contribution in [0.1, 0.15) is 23.6 Å². The molecule has 1 aliphatic rings. The third-order valence-electron chi connectivity index (χ3n) is 3.62. The smallest absolute Gasteiger partial charge is 0.0529 e. The number of rotatable bonds is 2. The first-order valence-corrected chi connectivity index (χ1v) is 8.33. The van der Waals surface area contributed by atoms with E-state index >= 15 is 0 Å². The van der Waals surface area contributed by atoms with Crippen molar-refractivity contribution in [3.63, 3.8) is 0 Å². The van der Waals surface area contributed by atoms with Crippen LogP contribution in [0.2, 0.25) is 0 Å². The molecule has 1 aliphatic heterocycles. The Morgan fingerprint density at radius 1 is 1.10 bits per heavy atom. The van der Waals surface area contributed by atoms with Crippen LogP contribution in [-0.2, 0) is 6.54 Å². The maximum atomic E-state index is 3.66. The van der Waals surface area contributed by atoms with Gasteiger partial charge in [0.25, 0.3) is 0 Å². The van der Waals surface area contributed by atoms with Gasteiger partial charge in [-0.05, 0) is 58.2 Å². The Morgan fingerprint density at radius 2 is 1.95 bits per heavy atom. The number of hydrogen-bond donors (Lipinski definition) is 2. The summed E-state index contributed by atoms with van der Waals surface area (Å²) in [5.74, 6) is 0. The molecule has 20 heavy (non-hydrogen) atoms. The van der Waals surface area contributed by atoms with Crippen molar-refractivity contribution in [1.82, 2.24) is 5.32 Å². The normalized spacial score (nSPS) is 18.2. The number of benzene rings is 2. The van der Waals surface area contributed by atoms with E-state index in [2.05, 4.69) is 85.0 Å². The monoisotopic (exact) mass is 394 g/mol. The number of fused-ring (bicyclic) bond motifs is 1. The van der Waals surface area contributed by atoms with E-state index in [0.29, 0.717) is 6.04 Å². The van der Waals surface area contributed by atoms with Crippen LogP contribution in [0, 0.1) is 0 Å². The molecule has 2 N–H and O–H groups in total. The van der Waals surface area contributed by atoms with E-state index in [0.717, 1.165) is 34.1 Å². The number of nitrogens with one attached hydrogen (secondary N) is 2. The van der Waals surface area contributed by atoms with Gasteiger partial charge in [-0.2, -0.15) is 0 Å². The second-order valence-electron chi connectivity index (χ2n) is 4.99. The minimum absolute atomic E-state index is 0.346. The summed E-state index contributed by atoms with van der Waals surface area (Å²) in [7, 11) is 0. The summed E-state index contributed by atoms with van der Waals surface area (Å²) in [5.41, 5.74) is 3.91. The molecule has 0 amide bonds. The molecule has 0 aliphatic carbocycles. The van der Waals surface area contributed by atoms with E-state index < -0.39 is 0 Å². The highest BCUT2D eigenvalue weighted by atomic mass is 79.9. The van der Waals surface area contributed by atoms with Crippen LogP contribution >= 0.6 is 31.9 Å². The lowest BCUT2D eigenvalue weighted by Gasteiger charge is -2.21. The maximum Gasteiger partial charge on any atom is 0.0529 e. The van der Waals surface area contributed by atoms with E-state index in [4.69, 9.17) is 0 Å². The van der Waals surface area contributed by atoms with Crippen molar-refractivity contribution in [3.8, 4) is 0 Å². The summed E-state index contributed by atoms with van der Waals surface area (Å²) in [6, 6.07) is 15.3. The van der Waals surface area contributed by atoms with Crippen LogP contribution in [0.5, 0.6) is 0 Å². The summed E-state index contributed by atoms with van der Waals surface area (Å²) in [6.45, 7) is 1.98. The maximum absolute atomic E-state index is 3.66. The van der Waals surface area contributed by atoms with Gasteiger partial charge in [0.1, 0.15) is 0 Å². The van der Waals surface area contributed by atoms with Gasteiger partial charge in [-0.3, -0.25) is 0 Å². The standard InChI is InChI=1S/C16H16Br2N2/c17-12-5-6-16(14(18)9-12)20-15-7-8-19-10-11-3-1-2-4-13(11)15/h1-6,9,15,19-20H,7-8,10H2. The zero-order chi connectivity index (χ0) is 13.9. The molecule has 2 aromatic carbocycles. The third-order valence-corrected chi connectivity index (χ3v) is 4.77. The predicted molar refractivity (Wildman–Crippen MR) is 91.0 cm³/mol. The molecule has 0 saturated carbocycles. The van der Waals surface area contributed by atoms with Crippen LogP contribution in [0.15, 0.2) is 51.4 Å².